The Hall–Kier alpha value is -3.75. The predicted molar refractivity (Wildman–Crippen MR) is 184 cm³/mol. The third-order valence-electron chi connectivity index (χ3n) is 7.95. The summed E-state index contributed by atoms with van der Waals surface area (Å²) in [6, 6.07) is 24.2. The van der Waals surface area contributed by atoms with E-state index in [-0.39, 0.29) is 5.91 Å². The predicted octanol–water partition coefficient (Wildman–Crippen LogP) is 8.40. The third-order valence-corrected chi connectivity index (χ3v) is 10.3. The summed E-state index contributed by atoms with van der Waals surface area (Å²) in [5.41, 5.74) is 9.38. The number of hydrogen-bond donors (Lipinski definition) is 1. The van der Waals surface area contributed by atoms with Crippen LogP contribution in [0.2, 0.25) is 0 Å². The van der Waals surface area contributed by atoms with Crippen molar-refractivity contribution in [1.29, 1.82) is 0 Å². The molecule has 0 radical (unpaired) electrons. The lowest BCUT2D eigenvalue weighted by molar-refractivity contribution is -0.120. The molecule has 1 amide bonds. The van der Waals surface area contributed by atoms with Gasteiger partial charge in [-0.3, -0.25) is 9.52 Å². The number of fused-ring (bicyclic) bond motifs is 1. The Morgan fingerprint density at radius 1 is 0.932 bits per heavy atom. The molecule has 0 saturated heterocycles. The maximum Gasteiger partial charge on any atom is 0.257 e. The van der Waals surface area contributed by atoms with Crippen LogP contribution in [0, 0.1) is 27.7 Å². The number of nitrogens with zero attached hydrogens (tertiary/aromatic N) is 2. The zero-order valence-electron chi connectivity index (χ0n) is 26.6. The lowest BCUT2D eigenvalue weighted by Crippen LogP contribution is -2.37. The zero-order valence-corrected chi connectivity index (χ0v) is 28.2. The summed E-state index contributed by atoms with van der Waals surface area (Å²) in [6.07, 6.45) is 0.848. The fourth-order valence-corrected chi connectivity index (χ4v) is 7.68. The molecule has 44 heavy (non-hydrogen) atoms. The van der Waals surface area contributed by atoms with Gasteiger partial charge in [-0.15, -0.1) is 0 Å². The van der Waals surface area contributed by atoms with Crippen LogP contribution >= 0.6 is 23.9 Å². The minimum absolute atomic E-state index is 0.100. The fraction of sp³-hybridized carbons (Fsp3) is 0.306. The van der Waals surface area contributed by atoms with Crippen molar-refractivity contribution < 1.29 is 14.3 Å². The molecule has 4 aromatic rings. The van der Waals surface area contributed by atoms with E-state index in [4.69, 9.17) is 9.47 Å². The highest BCUT2D eigenvalue weighted by molar-refractivity contribution is 8.00. The monoisotopic (exact) mass is 627 g/mol. The van der Waals surface area contributed by atoms with Gasteiger partial charge in [0.2, 0.25) is 0 Å². The minimum Gasteiger partial charge on any atom is -0.497 e. The first-order valence-corrected chi connectivity index (χ1v) is 16.5. The van der Waals surface area contributed by atoms with Crippen LogP contribution in [0.5, 0.6) is 11.5 Å². The molecule has 1 unspecified atom stereocenters. The van der Waals surface area contributed by atoms with Crippen LogP contribution < -0.4 is 23.4 Å². The third kappa shape index (κ3) is 6.66. The summed E-state index contributed by atoms with van der Waals surface area (Å²) >= 11 is 3.08. The number of ether oxygens (including phenoxy) is 2. The molecule has 1 atom stereocenters. The first kappa shape index (κ1) is 31.7. The molecular weight excluding hydrogens is 587 g/mol. The van der Waals surface area contributed by atoms with Gasteiger partial charge in [0.15, 0.2) is 0 Å². The van der Waals surface area contributed by atoms with Gasteiger partial charge < -0.3 is 18.7 Å². The Morgan fingerprint density at radius 2 is 1.68 bits per heavy atom. The van der Waals surface area contributed by atoms with Gasteiger partial charge >= 0.3 is 0 Å². The molecule has 1 aliphatic heterocycles. The molecule has 1 N–H and O–H groups in total. The average Bonchev–Trinajstić information content (AvgIpc) is 3.44. The highest BCUT2D eigenvalue weighted by Gasteiger charge is 2.35. The van der Waals surface area contributed by atoms with Gasteiger partial charge in [-0.05, 0) is 124 Å². The molecule has 0 aromatic heterocycles. The van der Waals surface area contributed by atoms with Crippen molar-refractivity contribution in [3.05, 3.63) is 106 Å². The van der Waals surface area contributed by atoms with Gasteiger partial charge in [0.05, 0.1) is 24.8 Å². The van der Waals surface area contributed by atoms with Crippen LogP contribution in [0.25, 0.3) is 0 Å². The largest absolute Gasteiger partial charge is 0.497 e. The SMILES string of the molecule is CCN(Sc1c(C)cc(C)cc1C)c1cccc2c1CCN2C(C(=O)NSc1ccc(C)cc1OC)c1cccc(OC)c1. The molecule has 0 spiro atoms. The lowest BCUT2D eigenvalue weighted by Gasteiger charge is -2.31. The smallest absolute Gasteiger partial charge is 0.257 e. The van der Waals surface area contributed by atoms with Crippen molar-refractivity contribution in [2.45, 2.75) is 56.9 Å². The zero-order chi connectivity index (χ0) is 31.4. The number of hydrogen-bond acceptors (Lipinski definition) is 7. The van der Waals surface area contributed by atoms with Crippen molar-refractivity contribution in [3.63, 3.8) is 0 Å². The molecule has 5 rings (SSSR count). The molecular formula is C36H41N3O3S2. The molecule has 0 saturated carbocycles. The first-order chi connectivity index (χ1) is 21.2. The molecule has 6 nitrogen and oxygen atoms in total. The van der Waals surface area contributed by atoms with Gasteiger partial charge in [0.25, 0.3) is 5.91 Å². The topological polar surface area (TPSA) is 54.0 Å². The van der Waals surface area contributed by atoms with Gasteiger partial charge in [0.1, 0.15) is 17.5 Å². The summed E-state index contributed by atoms with van der Waals surface area (Å²) in [4.78, 5) is 18.5. The highest BCUT2D eigenvalue weighted by Crippen LogP contribution is 2.44. The summed E-state index contributed by atoms with van der Waals surface area (Å²) in [7, 11) is 3.30. The maximum atomic E-state index is 14.1. The normalized spacial score (nSPS) is 12.9. The van der Waals surface area contributed by atoms with E-state index in [0.717, 1.165) is 52.7 Å². The van der Waals surface area contributed by atoms with E-state index in [1.54, 1.807) is 26.2 Å². The van der Waals surface area contributed by atoms with Crippen LogP contribution in [-0.4, -0.2) is 33.2 Å². The molecule has 230 valence electrons. The second-order valence-electron chi connectivity index (χ2n) is 11.1. The number of carbonyl (C=O) groups excluding carboxylic acids is 1. The van der Waals surface area contributed by atoms with E-state index in [0.29, 0.717) is 0 Å². The Bertz CT molecular complexity index is 1630. The molecule has 0 fully saturated rings. The van der Waals surface area contributed by atoms with Crippen molar-refractivity contribution in [3.8, 4) is 11.5 Å². The summed E-state index contributed by atoms with van der Waals surface area (Å²) < 4.78 is 16.7. The molecule has 8 heteroatoms. The van der Waals surface area contributed by atoms with Gasteiger partial charge in [-0.2, -0.15) is 0 Å². The van der Waals surface area contributed by atoms with E-state index < -0.39 is 6.04 Å². The number of benzene rings is 4. The number of nitrogens with one attached hydrogen (secondary N) is 1. The Morgan fingerprint density at radius 3 is 2.39 bits per heavy atom. The number of rotatable bonds is 11. The molecule has 1 aliphatic rings. The lowest BCUT2D eigenvalue weighted by atomic mass is 10.0. The van der Waals surface area contributed by atoms with Crippen LogP contribution in [0.15, 0.2) is 82.6 Å². The number of aryl methyl sites for hydroxylation is 4. The van der Waals surface area contributed by atoms with E-state index in [2.05, 4.69) is 72.0 Å². The summed E-state index contributed by atoms with van der Waals surface area (Å²) in [6.45, 7) is 12.3. The second kappa shape index (κ2) is 13.9. The quantitative estimate of drug-likeness (QED) is 0.168. The first-order valence-electron chi connectivity index (χ1n) is 14.9. The summed E-state index contributed by atoms with van der Waals surface area (Å²) in [5, 5.41) is 0. The minimum atomic E-state index is -0.546. The molecule has 0 bridgehead atoms. The van der Waals surface area contributed by atoms with E-state index in [1.807, 2.05) is 49.4 Å². The summed E-state index contributed by atoms with van der Waals surface area (Å²) in [5.74, 6) is 1.36. The van der Waals surface area contributed by atoms with Crippen LogP contribution in [0.3, 0.4) is 0 Å². The maximum absolute atomic E-state index is 14.1. The number of methoxy groups -OCH3 is 2. The standard InChI is InChI=1S/C36H41N3O3S2/c1-8-39(44-35-25(4)19-24(3)20-26(35)5)31-14-10-13-30-29(31)17-18-38(30)34(27-11-9-12-28(22-27)41-6)36(40)37-43-33-16-15-23(2)21-32(33)42-7/h9-16,19-22,34H,8,17-18H2,1-7H3,(H,37,40). The van der Waals surface area contributed by atoms with E-state index in [1.165, 1.54) is 44.8 Å². The van der Waals surface area contributed by atoms with Crippen molar-refractivity contribution in [1.82, 2.24) is 4.72 Å². The Labute approximate surface area is 270 Å². The number of anilines is 2. The van der Waals surface area contributed by atoms with Gasteiger partial charge in [-0.1, -0.05) is 42.0 Å². The van der Waals surface area contributed by atoms with Crippen LogP contribution in [0.4, 0.5) is 11.4 Å². The van der Waals surface area contributed by atoms with Crippen molar-refractivity contribution in [2.75, 3.05) is 36.5 Å². The molecule has 0 aliphatic carbocycles. The number of amides is 1. The van der Waals surface area contributed by atoms with Crippen molar-refractivity contribution >= 4 is 41.2 Å². The van der Waals surface area contributed by atoms with Crippen molar-refractivity contribution in [2.24, 2.45) is 0 Å². The molecule has 4 aromatic carbocycles. The second-order valence-corrected chi connectivity index (χ2v) is 13.0. The Kier molecular flexibility index (Phi) is 10.0. The highest BCUT2D eigenvalue weighted by atomic mass is 32.2. The van der Waals surface area contributed by atoms with E-state index >= 15 is 0 Å². The molecule has 1 heterocycles. The Balaban J connectivity index is 1.48. The van der Waals surface area contributed by atoms with E-state index in [9.17, 15) is 4.79 Å². The average molecular weight is 628 g/mol. The van der Waals surface area contributed by atoms with Crippen LogP contribution in [-0.2, 0) is 11.2 Å². The van der Waals surface area contributed by atoms with Gasteiger partial charge in [0, 0.05) is 29.2 Å². The van der Waals surface area contributed by atoms with Crippen LogP contribution in [0.1, 0.15) is 46.3 Å². The fourth-order valence-electron chi connectivity index (χ4n) is 5.95. The number of carbonyl (C=O) groups is 1. The van der Waals surface area contributed by atoms with Gasteiger partial charge in [-0.25, -0.2) is 0 Å².